The Labute approximate surface area is 90.7 Å². The van der Waals surface area contributed by atoms with E-state index in [-0.39, 0.29) is 5.91 Å². The molecule has 0 spiro atoms. The van der Waals surface area contributed by atoms with Crippen molar-refractivity contribution in [2.24, 2.45) is 0 Å². The Morgan fingerprint density at radius 1 is 1.60 bits per heavy atom. The quantitative estimate of drug-likeness (QED) is 0.831. The first-order chi connectivity index (χ1) is 7.29. The molecule has 4 nitrogen and oxygen atoms in total. The fourth-order valence-corrected chi connectivity index (χ4v) is 1.18. The molecule has 84 valence electrons. The highest BCUT2D eigenvalue weighted by atomic mass is 16.1. The van der Waals surface area contributed by atoms with Gasteiger partial charge in [-0.2, -0.15) is 5.10 Å². The molecule has 2 rings (SSSR count). The lowest BCUT2D eigenvalue weighted by Gasteiger charge is -1.98. The van der Waals surface area contributed by atoms with Gasteiger partial charge in [0.05, 0.1) is 6.04 Å². The Balaban J connectivity index is 0.000000531. The molecule has 0 aliphatic heterocycles. The number of nitrogens with one attached hydrogen (secondary N) is 1. The van der Waals surface area contributed by atoms with Gasteiger partial charge >= 0.3 is 0 Å². The minimum absolute atomic E-state index is 0.0149. The Bertz CT molecular complexity index is 315. The molecule has 15 heavy (non-hydrogen) atoms. The molecule has 1 amide bonds. The van der Waals surface area contributed by atoms with E-state index in [0.717, 1.165) is 0 Å². The third-order valence-electron chi connectivity index (χ3n) is 2.12. The summed E-state index contributed by atoms with van der Waals surface area (Å²) in [5, 5.41) is 6.97. The van der Waals surface area contributed by atoms with Gasteiger partial charge in [0, 0.05) is 18.7 Å². The van der Waals surface area contributed by atoms with E-state index in [2.05, 4.69) is 10.4 Å². The molecular weight excluding hydrogens is 190 g/mol. The minimum Gasteiger partial charge on any atom is -0.309 e. The molecule has 4 heteroatoms. The Kier molecular flexibility index (Phi) is 4.34. The number of aromatic nitrogens is 2. The summed E-state index contributed by atoms with van der Waals surface area (Å²) in [7, 11) is 0. The van der Waals surface area contributed by atoms with Gasteiger partial charge in [0.15, 0.2) is 5.82 Å². The summed E-state index contributed by atoms with van der Waals surface area (Å²) in [5.41, 5.74) is 0. The molecule has 1 aliphatic rings. The number of nitrogens with zero attached hydrogens (tertiary/aromatic N) is 2. The van der Waals surface area contributed by atoms with Crippen LogP contribution in [0.1, 0.15) is 46.1 Å². The Morgan fingerprint density at radius 2 is 2.27 bits per heavy atom. The third-order valence-corrected chi connectivity index (χ3v) is 2.12. The van der Waals surface area contributed by atoms with E-state index in [1.165, 1.54) is 12.8 Å². The van der Waals surface area contributed by atoms with Gasteiger partial charge in [-0.25, -0.2) is 0 Å². The molecule has 1 fully saturated rings. The first-order valence-electron chi connectivity index (χ1n) is 5.64. The maximum Gasteiger partial charge on any atom is 0.225 e. The molecular formula is C11H19N3O. The van der Waals surface area contributed by atoms with Crippen molar-refractivity contribution in [2.45, 2.75) is 46.1 Å². The lowest BCUT2D eigenvalue weighted by atomic mass is 10.4. The molecule has 1 saturated carbocycles. The lowest BCUT2D eigenvalue weighted by Crippen LogP contribution is -2.10. The van der Waals surface area contributed by atoms with Crippen molar-refractivity contribution >= 4 is 11.7 Å². The number of carbonyl (C=O) groups is 1. The van der Waals surface area contributed by atoms with E-state index >= 15 is 0 Å². The van der Waals surface area contributed by atoms with Gasteiger partial charge < -0.3 is 5.32 Å². The minimum atomic E-state index is 0.0149. The zero-order chi connectivity index (χ0) is 11.3. The largest absolute Gasteiger partial charge is 0.309 e. The number of hydrogen-bond donors (Lipinski definition) is 1. The summed E-state index contributed by atoms with van der Waals surface area (Å²) < 4.78 is 1.92. The van der Waals surface area contributed by atoms with E-state index in [0.29, 0.717) is 18.3 Å². The van der Waals surface area contributed by atoms with Gasteiger partial charge in [-0.1, -0.05) is 20.8 Å². The summed E-state index contributed by atoms with van der Waals surface area (Å²) in [6.45, 7) is 5.83. The summed E-state index contributed by atoms with van der Waals surface area (Å²) >= 11 is 0. The third kappa shape index (κ3) is 3.38. The second kappa shape index (κ2) is 5.53. The number of hydrogen-bond acceptors (Lipinski definition) is 2. The Hall–Kier alpha value is -1.32. The molecule has 1 aromatic rings. The number of carbonyl (C=O) groups excluding carboxylic acids is 1. The first kappa shape index (κ1) is 11.8. The van der Waals surface area contributed by atoms with Crippen molar-refractivity contribution in [1.29, 1.82) is 0 Å². The van der Waals surface area contributed by atoms with Crippen LogP contribution in [0.15, 0.2) is 12.3 Å². The van der Waals surface area contributed by atoms with Crippen molar-refractivity contribution in [3.8, 4) is 0 Å². The molecule has 0 saturated heterocycles. The van der Waals surface area contributed by atoms with Crippen LogP contribution < -0.4 is 5.32 Å². The van der Waals surface area contributed by atoms with Crippen LogP contribution in [-0.2, 0) is 4.79 Å². The molecule has 1 heterocycles. The fraction of sp³-hybridized carbons (Fsp3) is 0.636. The fourth-order valence-electron chi connectivity index (χ4n) is 1.18. The average molecular weight is 209 g/mol. The zero-order valence-electron chi connectivity index (χ0n) is 9.66. The smallest absolute Gasteiger partial charge is 0.225 e. The predicted octanol–water partition coefficient (Wildman–Crippen LogP) is 2.59. The first-order valence-corrected chi connectivity index (χ1v) is 5.64. The Morgan fingerprint density at radius 3 is 2.80 bits per heavy atom. The molecule has 0 radical (unpaired) electrons. The van der Waals surface area contributed by atoms with E-state index in [1.54, 1.807) is 0 Å². The summed E-state index contributed by atoms with van der Waals surface area (Å²) in [5.74, 6) is 0.680. The topological polar surface area (TPSA) is 46.9 Å². The number of anilines is 1. The van der Waals surface area contributed by atoms with Crippen molar-refractivity contribution < 1.29 is 4.79 Å². The normalized spacial score (nSPS) is 14.1. The monoisotopic (exact) mass is 209 g/mol. The van der Waals surface area contributed by atoms with Gasteiger partial charge in [-0.05, 0) is 12.8 Å². The average Bonchev–Trinajstić information content (AvgIpc) is 3.03. The van der Waals surface area contributed by atoms with E-state index in [9.17, 15) is 4.79 Å². The summed E-state index contributed by atoms with van der Waals surface area (Å²) in [4.78, 5) is 11.0. The van der Waals surface area contributed by atoms with Crippen LogP contribution in [0.25, 0.3) is 0 Å². The van der Waals surface area contributed by atoms with Crippen LogP contribution in [-0.4, -0.2) is 15.7 Å². The van der Waals surface area contributed by atoms with E-state index in [1.807, 2.05) is 37.7 Å². The summed E-state index contributed by atoms with van der Waals surface area (Å²) in [6, 6.07) is 2.42. The van der Waals surface area contributed by atoms with Crippen LogP contribution in [0.4, 0.5) is 5.82 Å². The highest BCUT2D eigenvalue weighted by Crippen LogP contribution is 2.34. The highest BCUT2D eigenvalue weighted by Gasteiger charge is 2.24. The van der Waals surface area contributed by atoms with Crippen LogP contribution >= 0.6 is 0 Å². The second-order valence-electron chi connectivity index (χ2n) is 3.31. The van der Waals surface area contributed by atoms with E-state index in [4.69, 9.17) is 0 Å². The van der Waals surface area contributed by atoms with Crippen molar-refractivity contribution in [2.75, 3.05) is 5.32 Å². The molecule has 0 atom stereocenters. The molecule has 0 aromatic carbocycles. The molecule has 1 aromatic heterocycles. The standard InChI is InChI=1S/C9H13N3O.C2H6/c1-2-9(13)10-8-5-6-12(11-8)7-3-4-7;1-2/h5-7H,2-4H2,1H3,(H,10,11,13);1-2H3. The van der Waals surface area contributed by atoms with Gasteiger partial charge in [0.25, 0.3) is 0 Å². The van der Waals surface area contributed by atoms with Crippen LogP contribution in [0, 0.1) is 0 Å². The summed E-state index contributed by atoms with van der Waals surface area (Å²) in [6.07, 6.45) is 4.84. The number of rotatable bonds is 3. The number of amides is 1. The lowest BCUT2D eigenvalue weighted by molar-refractivity contribution is -0.115. The van der Waals surface area contributed by atoms with Crippen molar-refractivity contribution in [3.05, 3.63) is 12.3 Å². The van der Waals surface area contributed by atoms with Crippen molar-refractivity contribution in [1.82, 2.24) is 9.78 Å². The van der Waals surface area contributed by atoms with Crippen LogP contribution in [0.3, 0.4) is 0 Å². The maximum absolute atomic E-state index is 11.0. The van der Waals surface area contributed by atoms with Gasteiger partial charge in [0.1, 0.15) is 0 Å². The van der Waals surface area contributed by atoms with Crippen LogP contribution in [0.2, 0.25) is 0 Å². The molecule has 1 N–H and O–H groups in total. The molecule has 1 aliphatic carbocycles. The van der Waals surface area contributed by atoms with Gasteiger partial charge in [-0.15, -0.1) is 0 Å². The van der Waals surface area contributed by atoms with Gasteiger partial charge in [-0.3, -0.25) is 9.48 Å². The zero-order valence-corrected chi connectivity index (χ0v) is 9.66. The van der Waals surface area contributed by atoms with Crippen LogP contribution in [0.5, 0.6) is 0 Å². The SMILES string of the molecule is CC.CCC(=O)Nc1ccn(C2CC2)n1. The van der Waals surface area contributed by atoms with Gasteiger partial charge in [0.2, 0.25) is 5.91 Å². The maximum atomic E-state index is 11.0. The van der Waals surface area contributed by atoms with Crippen molar-refractivity contribution in [3.63, 3.8) is 0 Å². The second-order valence-corrected chi connectivity index (χ2v) is 3.31. The highest BCUT2D eigenvalue weighted by molar-refractivity contribution is 5.89. The van der Waals surface area contributed by atoms with E-state index < -0.39 is 0 Å². The molecule has 0 unspecified atom stereocenters. The predicted molar refractivity (Wildman–Crippen MR) is 60.8 cm³/mol. The molecule has 0 bridgehead atoms.